The maximum Gasteiger partial charge on any atom is 0.00551 e. The molecular weight excluding hydrogens is 284 g/mol. The molecule has 0 nitrogen and oxygen atoms in total. The van der Waals surface area contributed by atoms with E-state index in [9.17, 15) is 0 Å². The third kappa shape index (κ3) is 2.32. The normalized spacial score (nSPS) is 54.4. The Morgan fingerprint density at radius 3 is 2.64 bits per heavy atom. The Labute approximate surface area is 142 Å². The summed E-state index contributed by atoms with van der Waals surface area (Å²) in [7, 11) is 0. The highest BCUT2D eigenvalue weighted by Crippen LogP contribution is 2.66. The zero-order valence-corrected chi connectivity index (χ0v) is 15.9. The van der Waals surface area contributed by atoms with E-state index in [0.717, 1.165) is 34.3 Å². The van der Waals surface area contributed by atoms with Gasteiger partial charge in [-0.25, -0.2) is 0 Å². The summed E-state index contributed by atoms with van der Waals surface area (Å²) in [5.74, 6) is 5.63. The fraction of sp³-hybridized carbons (Fsp3) is 1.00. The topological polar surface area (TPSA) is 0 Å². The first-order valence-corrected chi connectivity index (χ1v) is 11.2. The van der Waals surface area contributed by atoms with Crippen molar-refractivity contribution >= 4 is 11.8 Å². The third-order valence-electron chi connectivity index (χ3n) is 8.71. The van der Waals surface area contributed by atoms with Gasteiger partial charge < -0.3 is 0 Å². The van der Waals surface area contributed by atoms with Crippen LogP contribution in [0.25, 0.3) is 0 Å². The van der Waals surface area contributed by atoms with Gasteiger partial charge in [0.2, 0.25) is 0 Å². The van der Waals surface area contributed by atoms with Gasteiger partial charge in [0, 0.05) is 5.25 Å². The second-order valence-corrected chi connectivity index (χ2v) is 11.2. The molecular formula is C21H36S. The van der Waals surface area contributed by atoms with Crippen molar-refractivity contribution in [2.45, 2.75) is 90.2 Å². The fourth-order valence-corrected chi connectivity index (χ4v) is 8.96. The highest BCUT2D eigenvalue weighted by Gasteiger charge is 2.58. The lowest BCUT2D eigenvalue weighted by Gasteiger charge is -2.60. The van der Waals surface area contributed by atoms with Crippen molar-refractivity contribution in [1.29, 1.82) is 0 Å². The molecule has 0 N–H and O–H groups in total. The maximum absolute atomic E-state index is 2.71. The molecule has 0 radical (unpaired) electrons. The van der Waals surface area contributed by atoms with Gasteiger partial charge >= 0.3 is 0 Å². The van der Waals surface area contributed by atoms with E-state index in [4.69, 9.17) is 0 Å². The van der Waals surface area contributed by atoms with Crippen LogP contribution < -0.4 is 0 Å². The minimum atomic E-state index is 0.700. The van der Waals surface area contributed by atoms with Gasteiger partial charge in [-0.05, 0) is 91.6 Å². The summed E-state index contributed by atoms with van der Waals surface area (Å²) in [4.78, 5) is 0. The van der Waals surface area contributed by atoms with Crippen LogP contribution in [0.15, 0.2) is 0 Å². The first-order chi connectivity index (χ1) is 10.6. The minimum Gasteiger partial charge on any atom is -0.159 e. The van der Waals surface area contributed by atoms with E-state index in [0.29, 0.717) is 5.41 Å². The summed E-state index contributed by atoms with van der Waals surface area (Å²) in [5.41, 5.74) is 1.42. The van der Waals surface area contributed by atoms with Crippen LogP contribution in [-0.2, 0) is 0 Å². The molecule has 0 bridgehead atoms. The molecule has 0 aromatic carbocycles. The number of hydrogen-bond donors (Lipinski definition) is 0. The molecule has 0 aliphatic heterocycles. The Morgan fingerprint density at radius 1 is 0.955 bits per heavy atom. The molecule has 2 unspecified atom stereocenters. The first kappa shape index (κ1) is 15.9. The molecule has 22 heavy (non-hydrogen) atoms. The molecule has 4 fully saturated rings. The van der Waals surface area contributed by atoms with Crippen LogP contribution in [0.3, 0.4) is 0 Å². The lowest BCUT2D eigenvalue weighted by molar-refractivity contribution is -0.103. The van der Waals surface area contributed by atoms with Crippen LogP contribution in [0.4, 0.5) is 0 Å². The van der Waals surface area contributed by atoms with E-state index in [1.807, 2.05) is 0 Å². The molecule has 4 saturated carbocycles. The average molecular weight is 321 g/mol. The molecule has 4 rings (SSSR count). The van der Waals surface area contributed by atoms with Crippen LogP contribution in [0.2, 0.25) is 0 Å². The van der Waals surface area contributed by atoms with Crippen LogP contribution in [0, 0.1) is 34.5 Å². The van der Waals surface area contributed by atoms with Gasteiger partial charge in [-0.1, -0.05) is 33.6 Å². The van der Waals surface area contributed by atoms with Crippen LogP contribution in [0.1, 0.15) is 85.0 Å². The largest absolute Gasteiger partial charge is 0.159 e. The van der Waals surface area contributed by atoms with Gasteiger partial charge in [-0.2, -0.15) is 11.8 Å². The molecule has 1 heteroatoms. The summed E-state index contributed by atoms with van der Waals surface area (Å²) in [6.07, 6.45) is 15.5. The van der Waals surface area contributed by atoms with Gasteiger partial charge in [-0.15, -0.1) is 0 Å². The Balaban J connectivity index is 1.58. The Morgan fingerprint density at radius 2 is 1.82 bits per heavy atom. The Kier molecular flexibility index (Phi) is 4.11. The quantitative estimate of drug-likeness (QED) is 0.556. The van der Waals surface area contributed by atoms with E-state index in [1.54, 1.807) is 44.9 Å². The molecule has 7 atom stereocenters. The summed E-state index contributed by atoms with van der Waals surface area (Å²) in [5, 5.41) is 0.982. The first-order valence-electron chi connectivity index (χ1n) is 10.2. The predicted molar refractivity (Wildman–Crippen MR) is 98.3 cm³/mol. The number of rotatable bonds is 2. The molecule has 0 heterocycles. The maximum atomic E-state index is 2.71. The molecule has 4 aliphatic rings. The predicted octanol–water partition coefficient (Wildman–Crippen LogP) is 6.54. The summed E-state index contributed by atoms with van der Waals surface area (Å²) < 4.78 is 0. The van der Waals surface area contributed by atoms with Crippen molar-refractivity contribution in [2.24, 2.45) is 34.5 Å². The van der Waals surface area contributed by atoms with E-state index in [2.05, 4.69) is 32.5 Å². The zero-order chi connectivity index (χ0) is 15.4. The summed E-state index contributed by atoms with van der Waals surface area (Å²) >= 11 is 2.26. The van der Waals surface area contributed by atoms with E-state index in [1.165, 1.54) is 25.0 Å². The zero-order valence-electron chi connectivity index (χ0n) is 15.1. The van der Waals surface area contributed by atoms with Gasteiger partial charge in [0.15, 0.2) is 0 Å². The lowest BCUT2D eigenvalue weighted by atomic mass is 9.45. The van der Waals surface area contributed by atoms with Gasteiger partial charge in [0.05, 0.1) is 0 Å². The SMILES string of the molecule is CCSC1C[C@H]2[C@@H]3CCC4CCCC[C@]4(C)[C@@H]3CC[C@]2(C)C1. The molecule has 0 saturated heterocycles. The average Bonchev–Trinajstić information content (AvgIpc) is 2.83. The van der Waals surface area contributed by atoms with Crippen molar-refractivity contribution in [3.8, 4) is 0 Å². The van der Waals surface area contributed by atoms with Gasteiger partial charge in [0.25, 0.3) is 0 Å². The van der Waals surface area contributed by atoms with E-state index >= 15 is 0 Å². The van der Waals surface area contributed by atoms with Crippen LogP contribution in [-0.4, -0.2) is 11.0 Å². The van der Waals surface area contributed by atoms with Crippen molar-refractivity contribution in [1.82, 2.24) is 0 Å². The molecule has 0 aromatic heterocycles. The standard InChI is InChI=1S/C21H36S/c1-4-22-16-13-19-17-9-8-15-7-5-6-11-21(15,3)18(17)10-12-20(19,2)14-16/h15-19H,4-14H2,1-3H3/t15?,16?,17-,18-,19+,20-,21+/m1/s1. The van der Waals surface area contributed by atoms with E-state index < -0.39 is 0 Å². The lowest BCUT2D eigenvalue weighted by Crippen LogP contribution is -2.51. The highest BCUT2D eigenvalue weighted by molar-refractivity contribution is 7.99. The minimum absolute atomic E-state index is 0.700. The van der Waals surface area contributed by atoms with Crippen molar-refractivity contribution < 1.29 is 0 Å². The summed E-state index contributed by atoms with van der Waals surface area (Å²) in [6.45, 7) is 7.73. The molecule has 0 amide bonds. The molecule has 0 aromatic rings. The van der Waals surface area contributed by atoms with E-state index in [-0.39, 0.29) is 0 Å². The van der Waals surface area contributed by atoms with Gasteiger partial charge in [0.1, 0.15) is 0 Å². The monoisotopic (exact) mass is 320 g/mol. The fourth-order valence-electron chi connectivity index (χ4n) is 7.65. The number of hydrogen-bond acceptors (Lipinski definition) is 1. The van der Waals surface area contributed by atoms with Gasteiger partial charge in [-0.3, -0.25) is 0 Å². The molecule has 126 valence electrons. The summed E-state index contributed by atoms with van der Waals surface area (Å²) in [6, 6.07) is 0. The number of fused-ring (bicyclic) bond motifs is 5. The Hall–Kier alpha value is 0.350. The van der Waals surface area contributed by atoms with Crippen molar-refractivity contribution in [3.63, 3.8) is 0 Å². The molecule has 4 aliphatic carbocycles. The third-order valence-corrected chi connectivity index (χ3v) is 9.88. The van der Waals surface area contributed by atoms with Crippen LogP contribution >= 0.6 is 11.8 Å². The molecule has 0 spiro atoms. The second-order valence-electron chi connectivity index (χ2n) is 9.61. The van der Waals surface area contributed by atoms with Crippen LogP contribution in [0.5, 0.6) is 0 Å². The number of thioether (sulfide) groups is 1. The second kappa shape index (κ2) is 5.71. The van der Waals surface area contributed by atoms with Crippen molar-refractivity contribution in [3.05, 3.63) is 0 Å². The Bertz CT molecular complexity index is 418. The van der Waals surface area contributed by atoms with Crippen molar-refractivity contribution in [2.75, 3.05) is 5.75 Å². The smallest absolute Gasteiger partial charge is 0.00551 e. The highest BCUT2D eigenvalue weighted by atomic mass is 32.2.